The first-order valence-corrected chi connectivity index (χ1v) is 11.7. The Labute approximate surface area is 193 Å². The van der Waals surface area contributed by atoms with Crippen molar-refractivity contribution in [3.8, 4) is 17.6 Å². The third kappa shape index (κ3) is 4.82. The van der Waals surface area contributed by atoms with E-state index in [1.165, 1.54) is 14.2 Å². The van der Waals surface area contributed by atoms with E-state index in [1.807, 2.05) is 0 Å². The first-order chi connectivity index (χ1) is 15.8. The van der Waals surface area contributed by atoms with E-state index in [9.17, 15) is 18.5 Å². The van der Waals surface area contributed by atoms with Crippen LogP contribution in [-0.4, -0.2) is 39.2 Å². The molecule has 3 aromatic carbocycles. The van der Waals surface area contributed by atoms with E-state index in [0.29, 0.717) is 27.0 Å². The highest BCUT2D eigenvalue weighted by molar-refractivity contribution is 7.88. The molecule has 0 spiro atoms. The molecule has 0 saturated heterocycles. The molecule has 1 amide bonds. The summed E-state index contributed by atoms with van der Waals surface area (Å²) in [5, 5.41) is 10.5. The van der Waals surface area contributed by atoms with Gasteiger partial charge < -0.3 is 9.47 Å². The first kappa shape index (κ1) is 23.8. The number of nitrogens with one attached hydrogen (secondary N) is 1. The van der Waals surface area contributed by atoms with E-state index in [4.69, 9.17) is 9.47 Å². The van der Waals surface area contributed by atoms with Gasteiger partial charge in [-0.15, -0.1) is 0 Å². The number of hydrazine groups is 1. The molecule has 0 aliphatic carbocycles. The lowest BCUT2D eigenvalue weighted by molar-refractivity contribution is 0.0828. The Balaban J connectivity index is 2.25. The van der Waals surface area contributed by atoms with Crippen molar-refractivity contribution >= 4 is 15.9 Å². The normalized spacial score (nSPS) is 11.5. The average molecular weight is 466 g/mol. The number of carbonyl (C=O) groups excluding carboxylic acids is 1. The maximum absolute atomic E-state index is 13.0. The van der Waals surface area contributed by atoms with Gasteiger partial charge in [-0.05, 0) is 47.5 Å². The van der Waals surface area contributed by atoms with Crippen LogP contribution in [0.2, 0.25) is 0 Å². The summed E-state index contributed by atoms with van der Waals surface area (Å²) < 4.78 is 37.1. The van der Waals surface area contributed by atoms with Crippen LogP contribution in [0.5, 0.6) is 11.5 Å². The quantitative estimate of drug-likeness (QED) is 0.512. The summed E-state index contributed by atoms with van der Waals surface area (Å²) in [5.41, 5.74) is 1.39. The van der Waals surface area contributed by atoms with Crippen LogP contribution in [0.25, 0.3) is 0 Å². The molecular weight excluding hydrogens is 442 g/mol. The smallest absolute Gasteiger partial charge is 0.266 e. The Morgan fingerprint density at radius 1 is 0.879 bits per heavy atom. The number of methoxy groups -OCH3 is 2. The molecule has 9 heteroatoms. The van der Waals surface area contributed by atoms with Gasteiger partial charge in [0.15, 0.2) is 5.54 Å². The molecule has 3 aromatic rings. The Hall–Kier alpha value is -3.87. The Morgan fingerprint density at radius 2 is 1.33 bits per heavy atom. The zero-order chi connectivity index (χ0) is 24.1. The lowest BCUT2D eigenvalue weighted by atomic mass is 9.84. The number of ether oxygens (including phenoxy) is 2. The Kier molecular flexibility index (Phi) is 7.01. The molecule has 3 rings (SSSR count). The molecule has 0 unspecified atom stereocenters. The lowest BCUT2D eigenvalue weighted by Gasteiger charge is -2.37. The third-order valence-corrected chi connectivity index (χ3v) is 6.08. The van der Waals surface area contributed by atoms with Gasteiger partial charge in [-0.25, -0.2) is 8.42 Å². The highest BCUT2D eigenvalue weighted by atomic mass is 32.2. The number of hydrogen-bond donors (Lipinski definition) is 1. The van der Waals surface area contributed by atoms with Crippen molar-refractivity contribution in [3.63, 3.8) is 0 Å². The van der Waals surface area contributed by atoms with Crippen molar-refractivity contribution in [2.75, 3.05) is 20.5 Å². The third-order valence-electron chi connectivity index (χ3n) is 5.05. The fourth-order valence-corrected chi connectivity index (χ4v) is 4.40. The fraction of sp³-hybridized carbons (Fsp3) is 0.167. The predicted molar refractivity (Wildman–Crippen MR) is 123 cm³/mol. The van der Waals surface area contributed by atoms with Gasteiger partial charge in [-0.1, -0.05) is 46.9 Å². The molecule has 0 bridgehead atoms. The maximum atomic E-state index is 13.0. The van der Waals surface area contributed by atoms with E-state index in [0.717, 1.165) is 6.26 Å². The molecule has 0 atom stereocenters. The van der Waals surface area contributed by atoms with Crippen LogP contribution in [0.15, 0.2) is 78.9 Å². The lowest BCUT2D eigenvalue weighted by Crippen LogP contribution is -2.57. The summed E-state index contributed by atoms with van der Waals surface area (Å²) in [6.07, 6.45) is 0.928. The first-order valence-electron chi connectivity index (χ1n) is 9.83. The number of rotatable bonds is 8. The molecular formula is C24H23N3O5S. The SMILES string of the molecule is COc1ccc(C(C#N)(c2ccc(OC)cc2)N(NC(=O)c2ccccc2)S(C)(=O)=O)cc1. The van der Waals surface area contributed by atoms with E-state index < -0.39 is 21.5 Å². The molecule has 33 heavy (non-hydrogen) atoms. The highest BCUT2D eigenvalue weighted by Crippen LogP contribution is 2.38. The number of carbonyl (C=O) groups is 1. The monoisotopic (exact) mass is 465 g/mol. The number of nitrogens with zero attached hydrogens (tertiary/aromatic N) is 2. The summed E-state index contributed by atoms with van der Waals surface area (Å²) in [7, 11) is -1.15. The van der Waals surface area contributed by atoms with E-state index in [2.05, 4.69) is 11.5 Å². The molecule has 0 saturated carbocycles. The van der Waals surface area contributed by atoms with Crippen LogP contribution in [-0.2, 0) is 15.6 Å². The van der Waals surface area contributed by atoms with Crippen molar-refractivity contribution in [1.82, 2.24) is 9.84 Å². The molecule has 0 aliphatic heterocycles. The summed E-state index contributed by atoms with van der Waals surface area (Å²) >= 11 is 0. The number of hydrogen-bond acceptors (Lipinski definition) is 6. The average Bonchev–Trinajstić information content (AvgIpc) is 2.84. The standard InChI is InChI=1S/C24H23N3O5S/c1-31-21-13-9-19(10-14-21)24(17-25,20-11-15-22(32-2)16-12-20)27(33(3,29)30)26-23(28)18-7-5-4-6-8-18/h4-16H,1-3H3,(H,26,28). The summed E-state index contributed by atoms with van der Waals surface area (Å²) in [4.78, 5) is 13.0. The van der Waals surface area contributed by atoms with E-state index in [-0.39, 0.29) is 5.56 Å². The molecule has 170 valence electrons. The maximum Gasteiger partial charge on any atom is 0.266 e. The van der Waals surface area contributed by atoms with Crippen molar-refractivity contribution in [1.29, 1.82) is 5.26 Å². The van der Waals surface area contributed by atoms with Crippen molar-refractivity contribution in [3.05, 3.63) is 95.6 Å². The number of benzene rings is 3. The minimum Gasteiger partial charge on any atom is -0.497 e. The second kappa shape index (κ2) is 9.73. The molecule has 1 N–H and O–H groups in total. The summed E-state index contributed by atoms with van der Waals surface area (Å²) in [6.45, 7) is 0. The van der Waals surface area contributed by atoms with Crippen LogP contribution in [0, 0.1) is 11.3 Å². The van der Waals surface area contributed by atoms with Crippen molar-refractivity contribution < 1.29 is 22.7 Å². The second-order valence-electron chi connectivity index (χ2n) is 7.11. The van der Waals surface area contributed by atoms with Crippen molar-refractivity contribution in [2.45, 2.75) is 5.54 Å². The second-order valence-corrected chi connectivity index (χ2v) is 8.94. The minimum atomic E-state index is -4.15. The number of sulfonamides is 1. The van der Waals surface area contributed by atoms with Gasteiger partial charge in [0.1, 0.15) is 11.5 Å². The number of amides is 1. The van der Waals surface area contributed by atoms with Crippen LogP contribution in [0.3, 0.4) is 0 Å². The van der Waals surface area contributed by atoms with Gasteiger partial charge in [0.05, 0.1) is 26.5 Å². The van der Waals surface area contributed by atoms with Crippen LogP contribution >= 0.6 is 0 Å². The van der Waals surface area contributed by atoms with Gasteiger partial charge in [-0.2, -0.15) is 5.26 Å². The molecule has 0 aliphatic rings. The van der Waals surface area contributed by atoms with Gasteiger partial charge in [0.2, 0.25) is 10.0 Å². The van der Waals surface area contributed by atoms with Crippen LogP contribution < -0.4 is 14.9 Å². The topological polar surface area (TPSA) is 109 Å². The van der Waals surface area contributed by atoms with Gasteiger partial charge in [0.25, 0.3) is 5.91 Å². The van der Waals surface area contributed by atoms with E-state index in [1.54, 1.807) is 78.9 Å². The molecule has 0 fully saturated rings. The van der Waals surface area contributed by atoms with Crippen LogP contribution in [0.4, 0.5) is 0 Å². The Bertz CT molecular complexity index is 1200. The molecule has 8 nitrogen and oxygen atoms in total. The summed E-state index contributed by atoms with van der Waals surface area (Å²) in [5.74, 6) is 0.377. The summed E-state index contributed by atoms with van der Waals surface area (Å²) in [6, 6.07) is 23.1. The molecule has 0 radical (unpaired) electrons. The minimum absolute atomic E-state index is 0.238. The van der Waals surface area contributed by atoms with Gasteiger partial charge in [0, 0.05) is 5.56 Å². The molecule has 0 heterocycles. The van der Waals surface area contributed by atoms with Gasteiger partial charge in [-0.3, -0.25) is 10.2 Å². The van der Waals surface area contributed by atoms with Crippen LogP contribution in [0.1, 0.15) is 21.5 Å². The van der Waals surface area contributed by atoms with Crippen molar-refractivity contribution in [2.24, 2.45) is 0 Å². The zero-order valence-electron chi connectivity index (χ0n) is 18.3. The van der Waals surface area contributed by atoms with E-state index >= 15 is 0 Å². The zero-order valence-corrected chi connectivity index (χ0v) is 19.2. The predicted octanol–water partition coefficient (Wildman–Crippen LogP) is 3.08. The Morgan fingerprint density at radius 3 is 1.70 bits per heavy atom. The highest BCUT2D eigenvalue weighted by Gasteiger charge is 2.47. The van der Waals surface area contributed by atoms with Gasteiger partial charge >= 0.3 is 0 Å². The fourth-order valence-electron chi connectivity index (χ4n) is 3.40. The largest absolute Gasteiger partial charge is 0.497 e. The number of nitriles is 1. The molecule has 0 aromatic heterocycles.